The zero-order valence-corrected chi connectivity index (χ0v) is 10.5. The van der Waals surface area contributed by atoms with Gasteiger partial charge in [0, 0.05) is 17.9 Å². The number of anilines is 2. The molecule has 1 aromatic heterocycles. The molecule has 0 aromatic carbocycles. The van der Waals surface area contributed by atoms with Gasteiger partial charge in [-0.05, 0) is 42.1 Å². The Morgan fingerprint density at radius 1 is 1.47 bits per heavy atom. The second kappa shape index (κ2) is 4.93. The van der Waals surface area contributed by atoms with Crippen molar-refractivity contribution < 1.29 is 13.2 Å². The van der Waals surface area contributed by atoms with Crippen LogP contribution >= 0.6 is 23.3 Å². The van der Waals surface area contributed by atoms with Crippen molar-refractivity contribution in [2.24, 2.45) is 0 Å². The van der Waals surface area contributed by atoms with E-state index in [-0.39, 0.29) is 24.1 Å². The van der Waals surface area contributed by atoms with E-state index in [1.165, 1.54) is 11.5 Å². The molecule has 3 N–H and O–H groups in total. The van der Waals surface area contributed by atoms with Gasteiger partial charge in [0.05, 0.1) is 0 Å². The summed E-state index contributed by atoms with van der Waals surface area (Å²) in [4.78, 5) is 0. The molecule has 0 amide bonds. The first-order chi connectivity index (χ1) is 7.97. The number of rotatable bonds is 5. The van der Waals surface area contributed by atoms with Crippen molar-refractivity contribution in [2.75, 3.05) is 23.3 Å². The lowest BCUT2D eigenvalue weighted by Crippen LogP contribution is -2.09. The van der Waals surface area contributed by atoms with Gasteiger partial charge in [0.1, 0.15) is 10.8 Å². The highest BCUT2D eigenvalue weighted by Gasteiger charge is 2.31. The molecule has 0 unspecified atom stereocenters. The van der Waals surface area contributed by atoms with Crippen molar-refractivity contribution in [1.29, 1.82) is 0 Å². The predicted octanol–water partition coefficient (Wildman–Crippen LogP) is 3.27. The van der Waals surface area contributed by atoms with E-state index in [1.807, 2.05) is 0 Å². The minimum Gasteiger partial charge on any atom is -0.383 e. The molecule has 0 aliphatic heterocycles. The number of nitrogens with two attached hydrogens (primary N) is 1. The lowest BCUT2D eigenvalue weighted by Gasteiger charge is -2.07. The van der Waals surface area contributed by atoms with Crippen LogP contribution < -0.4 is 11.1 Å². The zero-order chi connectivity index (χ0) is 12.5. The molecule has 1 aliphatic rings. The summed E-state index contributed by atoms with van der Waals surface area (Å²) in [5.41, 5.74) is 2.56. The molecule has 0 saturated heterocycles. The van der Waals surface area contributed by atoms with Gasteiger partial charge in [-0.3, -0.25) is 0 Å². The fourth-order valence-electron chi connectivity index (χ4n) is 1.53. The van der Waals surface area contributed by atoms with Crippen molar-refractivity contribution in [3.63, 3.8) is 0 Å². The topological polar surface area (TPSA) is 50.9 Å². The van der Waals surface area contributed by atoms with E-state index in [4.69, 9.17) is 5.73 Å². The highest BCUT2D eigenvalue weighted by molar-refractivity contribution is 8.00. The van der Waals surface area contributed by atoms with Gasteiger partial charge in [-0.2, -0.15) is 17.5 Å². The van der Waals surface area contributed by atoms with Crippen LogP contribution in [-0.2, 0) is 0 Å². The number of nitrogens with one attached hydrogen (secondary N) is 1. The Morgan fingerprint density at radius 3 is 2.76 bits per heavy atom. The quantitative estimate of drug-likeness (QED) is 0.814. The number of nitrogen functional groups attached to an aromatic ring is 1. The molecule has 2 rings (SSSR count). The van der Waals surface area contributed by atoms with Gasteiger partial charge in [-0.15, -0.1) is 0 Å². The number of nitrogens with zero attached hydrogens (tertiary/aromatic N) is 1. The summed E-state index contributed by atoms with van der Waals surface area (Å²) in [6, 6.07) is 0. The number of halogens is 3. The van der Waals surface area contributed by atoms with Crippen molar-refractivity contribution in [1.82, 2.24) is 4.37 Å². The minimum atomic E-state index is -4.16. The molecule has 1 heterocycles. The van der Waals surface area contributed by atoms with Crippen molar-refractivity contribution in [3.05, 3.63) is 5.56 Å². The Hall–Kier alpha value is -0.630. The van der Waals surface area contributed by atoms with E-state index in [0.717, 1.165) is 23.4 Å². The van der Waals surface area contributed by atoms with E-state index in [9.17, 15) is 13.2 Å². The van der Waals surface area contributed by atoms with E-state index in [0.29, 0.717) is 11.7 Å². The normalized spacial score (nSPS) is 16.2. The Bertz CT molecular complexity index is 387. The third-order valence-corrected chi connectivity index (χ3v) is 3.97. The number of hydrogen-bond acceptors (Lipinski definition) is 5. The summed E-state index contributed by atoms with van der Waals surface area (Å²) in [5.74, 6) is 0.959. The smallest absolute Gasteiger partial charge is 0.383 e. The standard InChI is InChI=1S/C9H12F3N3S2/c10-9(11,12)16-4-3-14-8-6(5-1-2-5)7(13)15-17-8/h5,14H,1-4H2,(H2,13,15). The summed E-state index contributed by atoms with van der Waals surface area (Å²) < 4.78 is 39.8. The molecule has 0 atom stereocenters. The van der Waals surface area contributed by atoms with E-state index < -0.39 is 5.51 Å². The number of hydrogen-bond donors (Lipinski definition) is 2. The fraction of sp³-hybridized carbons (Fsp3) is 0.667. The first-order valence-corrected chi connectivity index (χ1v) is 6.93. The van der Waals surface area contributed by atoms with Crippen LogP contribution in [0.1, 0.15) is 24.3 Å². The lowest BCUT2D eigenvalue weighted by molar-refractivity contribution is -0.0327. The van der Waals surface area contributed by atoms with Crippen LogP contribution in [0.2, 0.25) is 0 Å². The largest absolute Gasteiger partial charge is 0.441 e. The minimum absolute atomic E-state index is 0.00852. The van der Waals surface area contributed by atoms with Gasteiger partial charge >= 0.3 is 5.51 Å². The SMILES string of the molecule is Nc1nsc(NCCSC(F)(F)F)c1C1CC1. The maximum atomic E-state index is 11.9. The summed E-state index contributed by atoms with van der Waals surface area (Å²) in [5, 5.41) is 3.81. The van der Waals surface area contributed by atoms with Gasteiger partial charge < -0.3 is 11.1 Å². The monoisotopic (exact) mass is 283 g/mol. The maximum absolute atomic E-state index is 11.9. The Morgan fingerprint density at radius 2 is 2.18 bits per heavy atom. The fourth-order valence-corrected chi connectivity index (χ4v) is 2.79. The van der Waals surface area contributed by atoms with Crippen molar-refractivity contribution in [3.8, 4) is 0 Å². The summed E-state index contributed by atoms with van der Waals surface area (Å²) in [6.45, 7) is 0.269. The van der Waals surface area contributed by atoms with Crippen LogP contribution in [0, 0.1) is 0 Å². The molecule has 0 bridgehead atoms. The molecular weight excluding hydrogens is 271 g/mol. The average Bonchev–Trinajstić information content (AvgIpc) is 2.98. The molecule has 1 fully saturated rings. The molecule has 0 radical (unpaired) electrons. The van der Waals surface area contributed by atoms with E-state index >= 15 is 0 Å². The Kier molecular flexibility index (Phi) is 3.72. The summed E-state index contributed by atoms with van der Waals surface area (Å²) in [7, 11) is 0. The molecule has 0 spiro atoms. The van der Waals surface area contributed by atoms with Crippen LogP contribution in [-0.4, -0.2) is 22.2 Å². The average molecular weight is 283 g/mol. The first-order valence-electron chi connectivity index (χ1n) is 5.17. The van der Waals surface area contributed by atoms with Gasteiger partial charge in [0.25, 0.3) is 0 Å². The summed E-state index contributed by atoms with van der Waals surface area (Å²) in [6.07, 6.45) is 2.18. The molecule has 1 aliphatic carbocycles. The molecular formula is C9H12F3N3S2. The molecule has 3 nitrogen and oxygen atoms in total. The van der Waals surface area contributed by atoms with Crippen LogP contribution in [0.3, 0.4) is 0 Å². The number of thioether (sulfide) groups is 1. The van der Waals surface area contributed by atoms with Gasteiger partial charge in [0.15, 0.2) is 0 Å². The second-order valence-corrected chi connectivity index (χ2v) is 5.74. The van der Waals surface area contributed by atoms with Crippen molar-refractivity contribution >= 4 is 34.1 Å². The lowest BCUT2D eigenvalue weighted by atomic mass is 10.2. The van der Waals surface area contributed by atoms with Gasteiger partial charge in [-0.25, -0.2) is 0 Å². The summed E-state index contributed by atoms with van der Waals surface area (Å²) >= 11 is 1.21. The third-order valence-electron chi connectivity index (χ3n) is 2.39. The molecule has 1 aromatic rings. The van der Waals surface area contributed by atoms with Gasteiger partial charge in [0.2, 0.25) is 0 Å². The second-order valence-electron chi connectivity index (χ2n) is 3.81. The van der Waals surface area contributed by atoms with Crippen molar-refractivity contribution in [2.45, 2.75) is 24.3 Å². The first kappa shape index (κ1) is 12.8. The predicted molar refractivity (Wildman–Crippen MR) is 65.5 cm³/mol. The maximum Gasteiger partial charge on any atom is 0.441 e. The van der Waals surface area contributed by atoms with Crippen LogP contribution in [0.15, 0.2) is 0 Å². The Labute approximate surface area is 105 Å². The molecule has 1 saturated carbocycles. The van der Waals surface area contributed by atoms with Gasteiger partial charge in [-0.1, -0.05) is 0 Å². The molecule has 96 valence electrons. The Balaban J connectivity index is 1.83. The van der Waals surface area contributed by atoms with Crippen LogP contribution in [0.25, 0.3) is 0 Å². The van der Waals surface area contributed by atoms with E-state index in [1.54, 1.807) is 0 Å². The molecule has 8 heteroatoms. The highest BCUT2D eigenvalue weighted by atomic mass is 32.2. The zero-order valence-electron chi connectivity index (χ0n) is 8.88. The van der Waals surface area contributed by atoms with Crippen LogP contribution in [0.4, 0.5) is 24.0 Å². The molecule has 17 heavy (non-hydrogen) atoms. The number of alkyl halides is 3. The third kappa shape index (κ3) is 3.67. The highest BCUT2D eigenvalue weighted by Crippen LogP contribution is 2.47. The number of aromatic nitrogens is 1. The van der Waals surface area contributed by atoms with Crippen LogP contribution in [0.5, 0.6) is 0 Å². The van der Waals surface area contributed by atoms with E-state index in [2.05, 4.69) is 9.69 Å².